The van der Waals surface area contributed by atoms with Gasteiger partial charge >= 0.3 is 0 Å². The zero-order chi connectivity index (χ0) is 13.4. The van der Waals surface area contributed by atoms with E-state index < -0.39 is 16.6 Å². The molecule has 1 aliphatic heterocycles. The summed E-state index contributed by atoms with van der Waals surface area (Å²) in [5.74, 6) is 0.912. The summed E-state index contributed by atoms with van der Waals surface area (Å²) in [6.07, 6.45) is 0. The van der Waals surface area contributed by atoms with Gasteiger partial charge < -0.3 is 8.85 Å². The highest BCUT2D eigenvalue weighted by atomic mass is 79.9. The lowest BCUT2D eigenvalue weighted by atomic mass is 10.3. The molecule has 0 saturated carbocycles. The molecule has 1 heterocycles. The van der Waals surface area contributed by atoms with E-state index in [1.807, 2.05) is 24.3 Å². The van der Waals surface area contributed by atoms with Gasteiger partial charge in [0.1, 0.15) is 12.4 Å². The maximum atomic E-state index is 6.25. The van der Waals surface area contributed by atoms with Crippen molar-refractivity contribution in [1.82, 2.24) is 0 Å². The van der Waals surface area contributed by atoms with E-state index in [2.05, 4.69) is 47.8 Å². The molecule has 0 bridgehead atoms. The van der Waals surface area contributed by atoms with Crippen molar-refractivity contribution in [3.8, 4) is 5.75 Å². The average Bonchev–Trinajstić information content (AvgIpc) is 2.45. The minimum atomic E-state index is -1.68. The normalized spacial score (nSPS) is 20.6. The van der Waals surface area contributed by atoms with Crippen LogP contribution in [-0.2, 0) is 4.12 Å². The van der Waals surface area contributed by atoms with E-state index in [9.17, 15) is 0 Å². The standard InChI is InChI=1S/C13H19BrO2Si2/c1-17(2)10-13(18(3,4)16-17)9-15-12-7-5-11(14)6-8-12/h5-8,10H,9H2,1-4H3. The lowest BCUT2D eigenvalue weighted by Gasteiger charge is -2.24. The second-order valence-corrected chi connectivity index (χ2v) is 14.5. The molecule has 1 aliphatic rings. The van der Waals surface area contributed by atoms with Gasteiger partial charge in [-0.25, -0.2) is 0 Å². The van der Waals surface area contributed by atoms with E-state index in [1.165, 1.54) is 5.20 Å². The fourth-order valence-corrected chi connectivity index (χ4v) is 12.3. The van der Waals surface area contributed by atoms with Gasteiger partial charge in [-0.05, 0) is 55.6 Å². The molecule has 0 N–H and O–H groups in total. The summed E-state index contributed by atoms with van der Waals surface area (Å²) >= 11 is 3.42. The van der Waals surface area contributed by atoms with Crippen LogP contribution in [0, 0.1) is 0 Å². The van der Waals surface area contributed by atoms with Crippen LogP contribution in [0.5, 0.6) is 5.75 Å². The highest BCUT2D eigenvalue weighted by molar-refractivity contribution is 9.10. The molecular weight excluding hydrogens is 324 g/mol. The number of halogens is 1. The highest BCUT2D eigenvalue weighted by Crippen LogP contribution is 2.31. The maximum Gasteiger partial charge on any atom is 0.204 e. The monoisotopic (exact) mass is 342 g/mol. The van der Waals surface area contributed by atoms with E-state index in [-0.39, 0.29) is 0 Å². The Hall–Kier alpha value is -0.366. The molecule has 0 saturated heterocycles. The van der Waals surface area contributed by atoms with Crippen molar-refractivity contribution in [1.29, 1.82) is 0 Å². The molecular formula is C13H19BrO2Si2. The van der Waals surface area contributed by atoms with E-state index >= 15 is 0 Å². The average molecular weight is 343 g/mol. The van der Waals surface area contributed by atoms with Crippen molar-refractivity contribution in [2.75, 3.05) is 6.61 Å². The molecule has 1 aromatic rings. The lowest BCUT2D eigenvalue weighted by molar-refractivity contribution is 0.356. The number of hydrogen-bond donors (Lipinski definition) is 0. The van der Waals surface area contributed by atoms with Gasteiger partial charge in [0.25, 0.3) is 0 Å². The lowest BCUT2D eigenvalue weighted by Crippen LogP contribution is -2.38. The molecule has 0 radical (unpaired) electrons. The largest absolute Gasteiger partial charge is 0.490 e. The number of benzene rings is 1. The Morgan fingerprint density at radius 2 is 1.72 bits per heavy atom. The van der Waals surface area contributed by atoms with Crippen molar-refractivity contribution in [2.45, 2.75) is 26.2 Å². The molecule has 0 unspecified atom stereocenters. The van der Waals surface area contributed by atoms with Crippen LogP contribution >= 0.6 is 15.9 Å². The van der Waals surface area contributed by atoms with E-state index in [0.29, 0.717) is 6.61 Å². The molecule has 18 heavy (non-hydrogen) atoms. The molecule has 0 spiro atoms. The first-order valence-electron chi connectivity index (χ1n) is 6.09. The second kappa shape index (κ2) is 4.96. The summed E-state index contributed by atoms with van der Waals surface area (Å²) in [5, 5.41) is 1.39. The molecule has 2 nitrogen and oxygen atoms in total. The van der Waals surface area contributed by atoms with E-state index in [0.717, 1.165) is 10.2 Å². The zero-order valence-electron chi connectivity index (χ0n) is 11.3. The molecule has 5 heteroatoms. The summed E-state index contributed by atoms with van der Waals surface area (Å²) < 4.78 is 13.2. The van der Waals surface area contributed by atoms with Gasteiger partial charge in [0.2, 0.25) is 8.32 Å². The van der Waals surface area contributed by atoms with Crippen molar-refractivity contribution in [2.24, 2.45) is 0 Å². The zero-order valence-corrected chi connectivity index (χ0v) is 14.9. The SMILES string of the molecule is C[Si]1(C)C=C(COc2ccc(Br)cc2)[Si](C)(C)O1. The summed E-state index contributed by atoms with van der Waals surface area (Å²) in [6, 6.07) is 7.96. The van der Waals surface area contributed by atoms with Crippen molar-refractivity contribution >= 4 is 32.6 Å². The molecule has 0 atom stereocenters. The Balaban J connectivity index is 2.04. The van der Waals surface area contributed by atoms with Crippen LogP contribution in [0.3, 0.4) is 0 Å². The molecule has 0 aliphatic carbocycles. The number of ether oxygens (including phenoxy) is 1. The van der Waals surface area contributed by atoms with Gasteiger partial charge in [-0.1, -0.05) is 21.6 Å². The smallest absolute Gasteiger partial charge is 0.204 e. The van der Waals surface area contributed by atoms with Gasteiger partial charge in [-0.2, -0.15) is 0 Å². The van der Waals surface area contributed by atoms with Gasteiger partial charge in [-0.15, -0.1) is 0 Å². The third-order valence-corrected chi connectivity index (χ3v) is 10.9. The van der Waals surface area contributed by atoms with Crippen molar-refractivity contribution < 1.29 is 8.85 Å². The van der Waals surface area contributed by atoms with Crippen LogP contribution in [-0.4, -0.2) is 23.2 Å². The van der Waals surface area contributed by atoms with Gasteiger partial charge in [0.05, 0.1) is 0 Å². The third-order valence-electron chi connectivity index (χ3n) is 3.02. The summed E-state index contributed by atoms with van der Waals surface area (Å²) in [5.41, 5.74) is 2.36. The topological polar surface area (TPSA) is 18.5 Å². The number of hydrogen-bond acceptors (Lipinski definition) is 2. The fraction of sp³-hybridized carbons (Fsp3) is 0.385. The quantitative estimate of drug-likeness (QED) is 0.763. The molecule has 0 aromatic heterocycles. The summed E-state index contributed by atoms with van der Waals surface area (Å²) in [7, 11) is -3.25. The van der Waals surface area contributed by atoms with Crippen LogP contribution in [0.1, 0.15) is 0 Å². The molecule has 0 amide bonds. The minimum absolute atomic E-state index is 0.664. The van der Waals surface area contributed by atoms with Crippen LogP contribution in [0.25, 0.3) is 0 Å². The molecule has 1 aromatic carbocycles. The van der Waals surface area contributed by atoms with E-state index in [1.54, 1.807) is 0 Å². The van der Waals surface area contributed by atoms with Crippen LogP contribution in [0.4, 0.5) is 0 Å². The van der Waals surface area contributed by atoms with Crippen molar-refractivity contribution in [3.63, 3.8) is 0 Å². The first-order chi connectivity index (χ1) is 8.28. The minimum Gasteiger partial charge on any atom is -0.490 e. The molecule has 2 rings (SSSR count). The predicted molar refractivity (Wildman–Crippen MR) is 83.8 cm³/mol. The maximum absolute atomic E-state index is 6.25. The first-order valence-corrected chi connectivity index (χ1v) is 12.8. The Bertz CT molecular complexity index is 466. The van der Waals surface area contributed by atoms with Crippen LogP contribution in [0.15, 0.2) is 39.6 Å². The van der Waals surface area contributed by atoms with Gasteiger partial charge in [0, 0.05) is 4.47 Å². The summed E-state index contributed by atoms with van der Waals surface area (Å²) in [4.78, 5) is 0. The molecule has 98 valence electrons. The second-order valence-electron chi connectivity index (χ2n) is 5.63. The van der Waals surface area contributed by atoms with Crippen LogP contribution < -0.4 is 4.74 Å². The predicted octanol–water partition coefficient (Wildman–Crippen LogP) is 4.27. The Morgan fingerprint density at radius 3 is 2.22 bits per heavy atom. The van der Waals surface area contributed by atoms with Gasteiger partial charge in [-0.3, -0.25) is 0 Å². The first kappa shape index (κ1) is 14.1. The van der Waals surface area contributed by atoms with Crippen molar-refractivity contribution in [3.05, 3.63) is 39.6 Å². The Labute approximate surface area is 119 Å². The number of rotatable bonds is 3. The Morgan fingerprint density at radius 1 is 1.11 bits per heavy atom. The van der Waals surface area contributed by atoms with Gasteiger partial charge in [0.15, 0.2) is 8.32 Å². The molecule has 0 fully saturated rings. The highest BCUT2D eigenvalue weighted by Gasteiger charge is 2.42. The Kier molecular flexibility index (Phi) is 3.87. The summed E-state index contributed by atoms with van der Waals surface area (Å²) in [6.45, 7) is 9.66. The third kappa shape index (κ3) is 3.35. The van der Waals surface area contributed by atoms with E-state index in [4.69, 9.17) is 8.85 Å². The van der Waals surface area contributed by atoms with Crippen LogP contribution in [0.2, 0.25) is 26.2 Å². The fourth-order valence-electron chi connectivity index (χ4n) is 2.25.